The molecule has 4 N–H and O–H groups in total. The summed E-state index contributed by atoms with van der Waals surface area (Å²) in [6, 6.07) is 8.18. The lowest BCUT2D eigenvalue weighted by Gasteiger charge is -2.15. The summed E-state index contributed by atoms with van der Waals surface area (Å²) in [7, 11) is 0. The number of aromatic nitrogens is 3. The van der Waals surface area contributed by atoms with Crippen LogP contribution in [0.15, 0.2) is 41.4 Å². The zero-order chi connectivity index (χ0) is 21.7. The second-order valence-corrected chi connectivity index (χ2v) is 8.22. The van der Waals surface area contributed by atoms with E-state index in [9.17, 15) is 4.79 Å². The summed E-state index contributed by atoms with van der Waals surface area (Å²) >= 11 is 2.97. The average molecular weight is 441 g/mol. The molecule has 1 amide bonds. The van der Waals surface area contributed by atoms with Crippen LogP contribution in [-0.4, -0.2) is 26.9 Å². The molecule has 1 aromatic carbocycles. The van der Waals surface area contributed by atoms with Gasteiger partial charge in [0.05, 0.1) is 21.3 Å². The maximum absolute atomic E-state index is 11.4. The average Bonchev–Trinajstić information content (AvgIpc) is 3.38. The first kappa shape index (κ1) is 21.7. The number of fused-ring (bicyclic) bond motifs is 1. The van der Waals surface area contributed by atoms with Gasteiger partial charge in [0.25, 0.3) is 5.91 Å². The molecule has 4 aromatic rings. The summed E-state index contributed by atoms with van der Waals surface area (Å²) in [4.78, 5) is 24.5. The van der Waals surface area contributed by atoms with Crippen LogP contribution < -0.4 is 16.4 Å². The molecule has 0 bridgehead atoms. The number of hydrogen-bond acceptors (Lipinski definition) is 8. The van der Waals surface area contributed by atoms with Crippen molar-refractivity contribution < 1.29 is 4.79 Å². The van der Waals surface area contributed by atoms with Crippen molar-refractivity contribution in [2.24, 2.45) is 5.73 Å². The Balaban J connectivity index is 0.00000124. The SMILES string of the molecule is CC.CC(C)Nc1cc(Nc2ccc3ncsc3c2)ncc1-c1nc(C(N)=O)cs1. The second kappa shape index (κ2) is 9.64. The molecule has 3 heterocycles. The van der Waals surface area contributed by atoms with Gasteiger partial charge in [0, 0.05) is 35.1 Å². The first-order valence-electron chi connectivity index (χ1n) is 9.62. The first-order chi connectivity index (χ1) is 14.5. The van der Waals surface area contributed by atoms with Crippen molar-refractivity contribution in [1.82, 2.24) is 15.0 Å². The molecular weight excluding hydrogens is 416 g/mol. The quantitative estimate of drug-likeness (QED) is 0.365. The van der Waals surface area contributed by atoms with E-state index in [4.69, 9.17) is 5.73 Å². The number of benzene rings is 1. The topological polar surface area (TPSA) is 106 Å². The zero-order valence-corrected chi connectivity index (χ0v) is 18.9. The standard InChI is InChI=1S/C19H18N6OS2.C2H6/c1-10(2)23-14-6-17(24-11-3-4-13-16(5-11)28-9-22-13)21-7-12(14)19-25-15(8-27-19)18(20)26;1-2/h3-10H,1-2H3,(H2,20,26)(H2,21,23,24);1-2H3. The van der Waals surface area contributed by atoms with E-state index in [-0.39, 0.29) is 11.7 Å². The number of nitrogens with zero attached hydrogens (tertiary/aromatic N) is 3. The summed E-state index contributed by atoms with van der Waals surface area (Å²) in [5, 5.41) is 9.12. The van der Waals surface area contributed by atoms with Gasteiger partial charge < -0.3 is 16.4 Å². The van der Waals surface area contributed by atoms with Gasteiger partial charge in [-0.25, -0.2) is 15.0 Å². The maximum atomic E-state index is 11.4. The Labute approximate surface area is 183 Å². The third kappa shape index (κ3) is 4.92. The molecule has 0 atom stereocenters. The molecular formula is C21H24N6OS2. The van der Waals surface area contributed by atoms with Crippen LogP contribution in [0.1, 0.15) is 38.2 Å². The van der Waals surface area contributed by atoms with E-state index in [0.29, 0.717) is 10.8 Å². The fourth-order valence-corrected chi connectivity index (χ4v) is 4.27. The molecule has 9 heteroatoms. The Morgan fingerprint density at radius 3 is 2.63 bits per heavy atom. The van der Waals surface area contributed by atoms with E-state index in [2.05, 4.69) is 45.5 Å². The van der Waals surface area contributed by atoms with E-state index in [1.165, 1.54) is 11.3 Å². The lowest BCUT2D eigenvalue weighted by atomic mass is 10.2. The number of nitrogens with one attached hydrogen (secondary N) is 2. The highest BCUT2D eigenvalue weighted by atomic mass is 32.1. The highest BCUT2D eigenvalue weighted by molar-refractivity contribution is 7.16. The van der Waals surface area contributed by atoms with Crippen molar-refractivity contribution in [3.63, 3.8) is 0 Å². The lowest BCUT2D eigenvalue weighted by molar-refractivity contribution is 0.0996. The summed E-state index contributed by atoms with van der Waals surface area (Å²) in [6.07, 6.45) is 1.75. The number of rotatable bonds is 6. The number of hydrogen-bond donors (Lipinski definition) is 3. The van der Waals surface area contributed by atoms with E-state index in [1.54, 1.807) is 22.9 Å². The highest BCUT2D eigenvalue weighted by Crippen LogP contribution is 2.33. The minimum Gasteiger partial charge on any atom is -0.382 e. The predicted molar refractivity (Wildman–Crippen MR) is 127 cm³/mol. The Hall–Kier alpha value is -3.04. The monoisotopic (exact) mass is 440 g/mol. The van der Waals surface area contributed by atoms with Crippen molar-refractivity contribution in [2.45, 2.75) is 33.7 Å². The van der Waals surface area contributed by atoms with Crippen molar-refractivity contribution in [1.29, 1.82) is 0 Å². The number of carbonyl (C=O) groups excluding carboxylic acids is 1. The van der Waals surface area contributed by atoms with Gasteiger partial charge in [0.1, 0.15) is 16.5 Å². The molecule has 0 aliphatic heterocycles. The molecule has 0 saturated heterocycles. The van der Waals surface area contributed by atoms with Gasteiger partial charge >= 0.3 is 0 Å². The van der Waals surface area contributed by atoms with Crippen LogP contribution in [0.2, 0.25) is 0 Å². The van der Waals surface area contributed by atoms with Crippen LogP contribution in [0, 0.1) is 0 Å². The van der Waals surface area contributed by atoms with Crippen molar-refractivity contribution >= 4 is 56.0 Å². The number of primary amides is 1. The van der Waals surface area contributed by atoms with Gasteiger partial charge in [0.2, 0.25) is 0 Å². The van der Waals surface area contributed by atoms with Crippen LogP contribution in [0.3, 0.4) is 0 Å². The Bertz CT molecular complexity index is 1150. The zero-order valence-electron chi connectivity index (χ0n) is 17.3. The van der Waals surface area contributed by atoms with Crippen LogP contribution in [-0.2, 0) is 0 Å². The van der Waals surface area contributed by atoms with Crippen molar-refractivity contribution in [2.75, 3.05) is 10.6 Å². The van der Waals surface area contributed by atoms with Gasteiger partial charge in [0.15, 0.2) is 0 Å². The van der Waals surface area contributed by atoms with Crippen molar-refractivity contribution in [3.8, 4) is 10.6 Å². The number of pyridine rings is 1. The van der Waals surface area contributed by atoms with E-state index >= 15 is 0 Å². The van der Waals surface area contributed by atoms with Crippen LogP contribution in [0.5, 0.6) is 0 Å². The number of amides is 1. The Morgan fingerprint density at radius 2 is 1.93 bits per heavy atom. The normalized spacial score (nSPS) is 10.6. The van der Waals surface area contributed by atoms with E-state index < -0.39 is 5.91 Å². The Morgan fingerprint density at radius 1 is 1.13 bits per heavy atom. The first-order valence-corrected chi connectivity index (χ1v) is 11.4. The molecule has 4 rings (SSSR count). The molecule has 0 radical (unpaired) electrons. The lowest BCUT2D eigenvalue weighted by Crippen LogP contribution is -2.12. The number of anilines is 3. The summed E-state index contributed by atoms with van der Waals surface area (Å²) in [6.45, 7) is 8.12. The third-order valence-electron chi connectivity index (χ3n) is 3.94. The second-order valence-electron chi connectivity index (χ2n) is 6.48. The minimum absolute atomic E-state index is 0.220. The van der Waals surface area contributed by atoms with Gasteiger partial charge in [-0.3, -0.25) is 4.79 Å². The Kier molecular flexibility index (Phi) is 6.96. The fraction of sp³-hybridized carbons (Fsp3) is 0.238. The molecule has 3 aromatic heterocycles. The summed E-state index contributed by atoms with van der Waals surface area (Å²) in [5.41, 5.74) is 11.1. The van der Waals surface area contributed by atoms with Crippen LogP contribution in [0.4, 0.5) is 17.2 Å². The molecule has 7 nitrogen and oxygen atoms in total. The molecule has 156 valence electrons. The van der Waals surface area contributed by atoms with Crippen LogP contribution >= 0.6 is 22.7 Å². The minimum atomic E-state index is -0.537. The number of thiazole rings is 2. The molecule has 30 heavy (non-hydrogen) atoms. The highest BCUT2D eigenvalue weighted by Gasteiger charge is 2.14. The summed E-state index contributed by atoms with van der Waals surface area (Å²) in [5.74, 6) is 0.174. The van der Waals surface area contributed by atoms with E-state index in [1.807, 2.05) is 37.6 Å². The summed E-state index contributed by atoms with van der Waals surface area (Å²) < 4.78 is 1.11. The van der Waals surface area contributed by atoms with Gasteiger partial charge in [-0.1, -0.05) is 13.8 Å². The third-order valence-corrected chi connectivity index (χ3v) is 5.61. The largest absolute Gasteiger partial charge is 0.382 e. The van der Waals surface area contributed by atoms with Crippen LogP contribution in [0.25, 0.3) is 20.8 Å². The van der Waals surface area contributed by atoms with Gasteiger partial charge in [-0.15, -0.1) is 22.7 Å². The smallest absolute Gasteiger partial charge is 0.268 e. The molecule has 0 saturated carbocycles. The number of carbonyl (C=O) groups is 1. The van der Waals surface area contributed by atoms with Gasteiger partial charge in [-0.2, -0.15) is 0 Å². The maximum Gasteiger partial charge on any atom is 0.268 e. The van der Waals surface area contributed by atoms with Gasteiger partial charge in [-0.05, 0) is 32.0 Å². The van der Waals surface area contributed by atoms with Crippen molar-refractivity contribution in [3.05, 3.63) is 47.0 Å². The molecule has 0 fully saturated rings. The molecule has 0 aliphatic carbocycles. The fourth-order valence-electron chi connectivity index (χ4n) is 2.72. The van der Waals surface area contributed by atoms with E-state index in [0.717, 1.165) is 27.2 Å². The predicted octanol–water partition coefficient (Wildman–Crippen LogP) is 5.50. The molecule has 0 spiro atoms. The molecule has 0 unspecified atom stereocenters. The molecule has 0 aliphatic rings. The number of nitrogens with two attached hydrogens (primary N) is 1.